The van der Waals surface area contributed by atoms with E-state index >= 15 is 0 Å². The van der Waals surface area contributed by atoms with Gasteiger partial charge in [0.15, 0.2) is 0 Å². The van der Waals surface area contributed by atoms with Crippen LogP contribution in [0.2, 0.25) is 0 Å². The zero-order valence-corrected chi connectivity index (χ0v) is 9.74. The first kappa shape index (κ1) is 11.8. The van der Waals surface area contributed by atoms with Crippen LogP contribution >= 0.6 is 0 Å². The van der Waals surface area contributed by atoms with Gasteiger partial charge in [-0.3, -0.25) is 4.79 Å². The van der Waals surface area contributed by atoms with Crippen LogP contribution in [0.15, 0.2) is 0 Å². The number of ether oxygens (including phenoxy) is 1. The molecule has 1 amide bonds. The van der Waals surface area contributed by atoms with Gasteiger partial charge >= 0.3 is 0 Å². The van der Waals surface area contributed by atoms with Crippen molar-refractivity contribution in [1.82, 2.24) is 10.2 Å². The lowest BCUT2D eigenvalue weighted by Crippen LogP contribution is -2.46. The van der Waals surface area contributed by atoms with Crippen LogP contribution in [-0.4, -0.2) is 60.4 Å². The lowest BCUT2D eigenvalue weighted by molar-refractivity contribution is -0.132. The molecule has 2 unspecified atom stereocenters. The molecule has 2 saturated heterocycles. The summed E-state index contributed by atoms with van der Waals surface area (Å²) in [7, 11) is 0. The Kier molecular flexibility index (Phi) is 3.47. The fourth-order valence-corrected chi connectivity index (χ4v) is 2.41. The van der Waals surface area contributed by atoms with Gasteiger partial charge in [-0.25, -0.2) is 0 Å². The molecule has 0 spiro atoms. The Morgan fingerprint density at radius 2 is 2.50 bits per heavy atom. The molecule has 0 aromatic rings. The molecule has 0 bridgehead atoms. The summed E-state index contributed by atoms with van der Waals surface area (Å²) in [5.74, 6) is 0.113. The first-order valence-electron chi connectivity index (χ1n) is 5.97. The maximum absolute atomic E-state index is 11.9. The number of carbonyl (C=O) groups excluding carboxylic acids is 1. The van der Waals surface area contributed by atoms with Gasteiger partial charge in [0.25, 0.3) is 0 Å². The van der Waals surface area contributed by atoms with Crippen molar-refractivity contribution in [2.45, 2.75) is 31.4 Å². The minimum atomic E-state index is -0.823. The number of hydrogen-bond donors (Lipinski definition) is 2. The zero-order valence-electron chi connectivity index (χ0n) is 9.74. The molecule has 2 fully saturated rings. The van der Waals surface area contributed by atoms with Crippen LogP contribution < -0.4 is 5.32 Å². The van der Waals surface area contributed by atoms with E-state index in [0.717, 1.165) is 19.5 Å². The number of nitrogens with one attached hydrogen (secondary N) is 1. The molecule has 2 heterocycles. The van der Waals surface area contributed by atoms with Gasteiger partial charge in [-0.1, -0.05) is 6.92 Å². The molecule has 2 N–H and O–H groups in total. The van der Waals surface area contributed by atoms with E-state index in [2.05, 4.69) is 5.32 Å². The number of amides is 1. The van der Waals surface area contributed by atoms with Gasteiger partial charge in [-0.05, 0) is 13.0 Å². The summed E-state index contributed by atoms with van der Waals surface area (Å²) < 4.78 is 5.18. The number of carbonyl (C=O) groups is 1. The summed E-state index contributed by atoms with van der Waals surface area (Å²) in [5.41, 5.74) is -0.823. The van der Waals surface area contributed by atoms with Crippen LogP contribution in [0, 0.1) is 0 Å². The van der Waals surface area contributed by atoms with E-state index in [9.17, 15) is 9.90 Å². The zero-order chi connectivity index (χ0) is 11.6. The second kappa shape index (κ2) is 4.69. The molecule has 92 valence electrons. The summed E-state index contributed by atoms with van der Waals surface area (Å²) in [5, 5.41) is 13.3. The Balaban J connectivity index is 1.89. The molecule has 5 heteroatoms. The fraction of sp³-hybridized carbons (Fsp3) is 0.909. The van der Waals surface area contributed by atoms with E-state index in [1.54, 1.807) is 4.90 Å². The maximum atomic E-state index is 11.9. The molecule has 2 atom stereocenters. The number of nitrogens with zero attached hydrogens (tertiary/aromatic N) is 1. The highest BCUT2D eigenvalue weighted by molar-refractivity contribution is 5.84. The molecule has 2 aliphatic heterocycles. The Morgan fingerprint density at radius 3 is 3.12 bits per heavy atom. The Morgan fingerprint density at radius 1 is 1.69 bits per heavy atom. The average molecular weight is 228 g/mol. The van der Waals surface area contributed by atoms with E-state index in [1.807, 2.05) is 6.92 Å². The largest absolute Gasteiger partial charge is 0.386 e. The number of rotatable bonds is 4. The minimum absolute atomic E-state index is 0.0593. The number of likely N-dealkylation sites (N-methyl/N-ethyl adjacent to an activating group) is 1. The number of hydrogen-bond acceptors (Lipinski definition) is 4. The average Bonchev–Trinajstić information content (AvgIpc) is 2.80. The van der Waals surface area contributed by atoms with E-state index < -0.39 is 5.60 Å². The summed E-state index contributed by atoms with van der Waals surface area (Å²) in [4.78, 5) is 13.7. The molecule has 0 saturated carbocycles. The molecule has 16 heavy (non-hydrogen) atoms. The predicted molar refractivity (Wildman–Crippen MR) is 59.0 cm³/mol. The second-order valence-corrected chi connectivity index (χ2v) is 4.69. The molecule has 0 aromatic carbocycles. The van der Waals surface area contributed by atoms with Crippen molar-refractivity contribution in [3.8, 4) is 0 Å². The normalized spacial score (nSPS) is 35.0. The van der Waals surface area contributed by atoms with Crippen molar-refractivity contribution in [3.63, 3.8) is 0 Å². The standard InChI is InChI=1S/C11H20N2O3/c1-2-12-9-3-5-13(10(9)14)7-11(15)4-6-16-8-11/h9,12,15H,2-8H2,1H3. The molecular weight excluding hydrogens is 208 g/mol. The molecule has 2 aliphatic rings. The van der Waals surface area contributed by atoms with Crippen molar-refractivity contribution in [2.24, 2.45) is 0 Å². The molecule has 0 aliphatic carbocycles. The van der Waals surface area contributed by atoms with Crippen molar-refractivity contribution in [2.75, 3.05) is 32.8 Å². The van der Waals surface area contributed by atoms with Crippen molar-refractivity contribution < 1.29 is 14.6 Å². The van der Waals surface area contributed by atoms with Crippen LogP contribution in [0.25, 0.3) is 0 Å². The van der Waals surface area contributed by atoms with Gasteiger partial charge in [0.2, 0.25) is 5.91 Å². The SMILES string of the molecule is CCNC1CCN(CC2(O)CCOC2)C1=O. The third-order valence-electron chi connectivity index (χ3n) is 3.32. The topological polar surface area (TPSA) is 61.8 Å². The highest BCUT2D eigenvalue weighted by Gasteiger charge is 2.39. The smallest absolute Gasteiger partial charge is 0.239 e. The van der Waals surface area contributed by atoms with E-state index in [0.29, 0.717) is 26.2 Å². The van der Waals surface area contributed by atoms with Gasteiger partial charge in [-0.15, -0.1) is 0 Å². The number of aliphatic hydroxyl groups is 1. The second-order valence-electron chi connectivity index (χ2n) is 4.69. The van der Waals surface area contributed by atoms with Crippen LogP contribution in [0.1, 0.15) is 19.8 Å². The number of β-amino-alcohol motifs (C(OH)–C–C–N with tert-alkyl or cyclic N) is 1. The molecule has 5 nitrogen and oxygen atoms in total. The summed E-state index contributed by atoms with van der Waals surface area (Å²) in [6.45, 7) is 4.89. The first-order chi connectivity index (χ1) is 7.64. The van der Waals surface area contributed by atoms with Gasteiger partial charge < -0.3 is 20.1 Å². The quantitative estimate of drug-likeness (QED) is 0.671. The van der Waals surface area contributed by atoms with E-state index in [-0.39, 0.29) is 11.9 Å². The minimum Gasteiger partial charge on any atom is -0.386 e. The fourth-order valence-electron chi connectivity index (χ4n) is 2.41. The van der Waals surface area contributed by atoms with Crippen molar-refractivity contribution in [3.05, 3.63) is 0 Å². The van der Waals surface area contributed by atoms with Crippen LogP contribution in [-0.2, 0) is 9.53 Å². The van der Waals surface area contributed by atoms with Crippen LogP contribution in [0.4, 0.5) is 0 Å². The van der Waals surface area contributed by atoms with Crippen molar-refractivity contribution in [1.29, 1.82) is 0 Å². The molecule has 0 radical (unpaired) electrons. The maximum Gasteiger partial charge on any atom is 0.239 e. The third-order valence-corrected chi connectivity index (χ3v) is 3.32. The van der Waals surface area contributed by atoms with Crippen LogP contribution in [0.3, 0.4) is 0 Å². The van der Waals surface area contributed by atoms with Gasteiger partial charge in [0.1, 0.15) is 5.60 Å². The predicted octanol–water partition coefficient (Wildman–Crippen LogP) is -0.652. The Labute approximate surface area is 95.8 Å². The van der Waals surface area contributed by atoms with Gasteiger partial charge in [0.05, 0.1) is 19.2 Å². The van der Waals surface area contributed by atoms with Crippen LogP contribution in [0.5, 0.6) is 0 Å². The van der Waals surface area contributed by atoms with E-state index in [1.165, 1.54) is 0 Å². The summed E-state index contributed by atoms with van der Waals surface area (Å²) >= 11 is 0. The van der Waals surface area contributed by atoms with E-state index in [4.69, 9.17) is 4.74 Å². The Hall–Kier alpha value is -0.650. The highest BCUT2D eigenvalue weighted by Crippen LogP contribution is 2.22. The Bertz CT molecular complexity index is 264. The molecule has 0 aromatic heterocycles. The highest BCUT2D eigenvalue weighted by atomic mass is 16.5. The lowest BCUT2D eigenvalue weighted by atomic mass is 10.0. The molecular formula is C11H20N2O3. The van der Waals surface area contributed by atoms with Crippen molar-refractivity contribution >= 4 is 5.91 Å². The number of likely N-dealkylation sites (tertiary alicyclic amines) is 1. The lowest BCUT2D eigenvalue weighted by Gasteiger charge is -2.27. The van der Waals surface area contributed by atoms with Gasteiger partial charge in [0, 0.05) is 19.6 Å². The third kappa shape index (κ3) is 2.36. The first-order valence-corrected chi connectivity index (χ1v) is 5.97. The monoisotopic (exact) mass is 228 g/mol. The molecule has 2 rings (SSSR count). The van der Waals surface area contributed by atoms with Gasteiger partial charge in [-0.2, -0.15) is 0 Å². The summed E-state index contributed by atoms with van der Waals surface area (Å²) in [6, 6.07) is -0.0593. The summed E-state index contributed by atoms with van der Waals surface area (Å²) in [6.07, 6.45) is 1.46.